The number of thioether (sulfide) groups is 1. The predicted octanol–water partition coefficient (Wildman–Crippen LogP) is 3.11. The Hall–Kier alpha value is -0.670. The molecule has 3 heteroatoms. The van der Waals surface area contributed by atoms with Gasteiger partial charge in [0.15, 0.2) is 0 Å². The maximum atomic E-state index is 5.44. The number of hydrogen-bond acceptors (Lipinski definition) is 3. The second-order valence-corrected chi connectivity index (χ2v) is 5.53. The Bertz CT molecular complexity index is 372. The summed E-state index contributed by atoms with van der Waals surface area (Å²) in [5.74, 6) is 1.00. The van der Waals surface area contributed by atoms with Gasteiger partial charge in [-0.25, -0.2) is 0 Å². The predicted molar refractivity (Wildman–Crippen MR) is 69.3 cm³/mol. The van der Waals surface area contributed by atoms with Crippen LogP contribution in [0.5, 0.6) is 5.75 Å². The molecule has 88 valence electrons. The molecule has 1 unspecified atom stereocenters. The average Bonchev–Trinajstić information content (AvgIpc) is 2.76. The van der Waals surface area contributed by atoms with Crippen LogP contribution in [0.4, 0.5) is 0 Å². The molecule has 1 aromatic rings. The van der Waals surface area contributed by atoms with Crippen molar-refractivity contribution in [2.24, 2.45) is 0 Å². The van der Waals surface area contributed by atoms with Crippen molar-refractivity contribution in [1.82, 2.24) is 5.32 Å². The van der Waals surface area contributed by atoms with Crippen molar-refractivity contribution in [2.45, 2.75) is 37.0 Å². The Morgan fingerprint density at radius 2 is 2.06 bits per heavy atom. The van der Waals surface area contributed by atoms with Crippen molar-refractivity contribution in [3.05, 3.63) is 23.3 Å². The van der Waals surface area contributed by atoms with Gasteiger partial charge in [0.1, 0.15) is 5.75 Å². The van der Waals surface area contributed by atoms with E-state index < -0.39 is 0 Å². The molecule has 0 bridgehead atoms. The number of aryl methyl sites for hydroxylation is 2. The first-order valence-electron chi connectivity index (χ1n) is 5.76. The molecule has 0 aliphatic carbocycles. The van der Waals surface area contributed by atoms with Gasteiger partial charge in [-0.2, -0.15) is 0 Å². The first-order chi connectivity index (χ1) is 7.70. The van der Waals surface area contributed by atoms with Crippen LogP contribution in [0.2, 0.25) is 0 Å². The van der Waals surface area contributed by atoms with Crippen molar-refractivity contribution in [3.8, 4) is 5.75 Å². The van der Waals surface area contributed by atoms with Crippen molar-refractivity contribution < 1.29 is 4.74 Å². The van der Waals surface area contributed by atoms with Gasteiger partial charge in [0.05, 0.1) is 17.4 Å². The third-order valence-electron chi connectivity index (χ3n) is 3.06. The summed E-state index contributed by atoms with van der Waals surface area (Å²) in [6.07, 6.45) is 2.53. The van der Waals surface area contributed by atoms with E-state index in [0.29, 0.717) is 5.37 Å². The molecule has 2 nitrogen and oxygen atoms in total. The molecular weight excluding hydrogens is 218 g/mol. The summed E-state index contributed by atoms with van der Waals surface area (Å²) in [5, 5.41) is 4.05. The summed E-state index contributed by atoms with van der Waals surface area (Å²) in [5.41, 5.74) is 2.63. The molecule has 1 aliphatic heterocycles. The normalized spacial score (nSPS) is 20.1. The minimum Gasteiger partial charge on any atom is -0.496 e. The van der Waals surface area contributed by atoms with Gasteiger partial charge in [0, 0.05) is 0 Å². The molecule has 1 aliphatic rings. The van der Waals surface area contributed by atoms with Gasteiger partial charge >= 0.3 is 0 Å². The molecule has 0 amide bonds. The van der Waals surface area contributed by atoms with Crippen LogP contribution in [0.3, 0.4) is 0 Å². The number of nitrogens with one attached hydrogen (secondary N) is 1. The van der Waals surface area contributed by atoms with E-state index in [9.17, 15) is 0 Å². The molecule has 0 spiro atoms. The van der Waals surface area contributed by atoms with Crippen LogP contribution in [0.15, 0.2) is 17.0 Å². The molecule has 1 fully saturated rings. The lowest BCUT2D eigenvalue weighted by molar-refractivity contribution is 0.404. The molecule has 2 rings (SSSR count). The van der Waals surface area contributed by atoms with Crippen LogP contribution in [0, 0.1) is 13.8 Å². The molecule has 1 atom stereocenters. The standard InChI is InChI=1S/C13H19NOS/c1-9-7-11(15-3)12(8-10(9)2)16-13-5-4-6-14-13/h7-8,13-14H,4-6H2,1-3H3. The molecule has 16 heavy (non-hydrogen) atoms. The Morgan fingerprint density at radius 3 is 2.69 bits per heavy atom. The van der Waals surface area contributed by atoms with Crippen LogP contribution in [-0.2, 0) is 0 Å². The molecule has 0 aromatic heterocycles. The maximum Gasteiger partial charge on any atom is 0.132 e. The van der Waals surface area contributed by atoms with Gasteiger partial charge in [0.25, 0.3) is 0 Å². The lowest BCUT2D eigenvalue weighted by atomic mass is 10.1. The largest absolute Gasteiger partial charge is 0.496 e. The highest BCUT2D eigenvalue weighted by atomic mass is 32.2. The monoisotopic (exact) mass is 237 g/mol. The molecule has 0 saturated carbocycles. The average molecular weight is 237 g/mol. The first kappa shape index (κ1) is 11.8. The smallest absolute Gasteiger partial charge is 0.132 e. The fraction of sp³-hybridized carbons (Fsp3) is 0.538. The summed E-state index contributed by atoms with van der Waals surface area (Å²) in [6, 6.07) is 4.37. The summed E-state index contributed by atoms with van der Waals surface area (Å²) in [7, 11) is 1.75. The molecule has 1 aromatic carbocycles. The first-order valence-corrected chi connectivity index (χ1v) is 6.64. The Balaban J connectivity index is 2.20. The number of rotatable bonds is 3. The lowest BCUT2D eigenvalue weighted by Gasteiger charge is -2.15. The molecule has 0 radical (unpaired) electrons. The molecule has 1 saturated heterocycles. The maximum absolute atomic E-state index is 5.44. The summed E-state index contributed by atoms with van der Waals surface area (Å²) < 4.78 is 5.44. The van der Waals surface area contributed by atoms with Gasteiger partial charge < -0.3 is 10.1 Å². The van der Waals surface area contributed by atoms with Gasteiger partial charge in [0.2, 0.25) is 0 Å². The quantitative estimate of drug-likeness (QED) is 0.873. The van der Waals surface area contributed by atoms with E-state index in [-0.39, 0.29) is 0 Å². The zero-order chi connectivity index (χ0) is 11.5. The second-order valence-electron chi connectivity index (χ2n) is 4.29. The fourth-order valence-corrected chi connectivity index (χ4v) is 3.22. The molecular formula is C13H19NOS. The van der Waals surface area contributed by atoms with Crippen molar-refractivity contribution >= 4 is 11.8 Å². The van der Waals surface area contributed by atoms with Crippen LogP contribution in [-0.4, -0.2) is 19.0 Å². The number of methoxy groups -OCH3 is 1. The van der Waals surface area contributed by atoms with E-state index in [1.807, 2.05) is 11.8 Å². The van der Waals surface area contributed by atoms with E-state index in [2.05, 4.69) is 31.3 Å². The topological polar surface area (TPSA) is 21.3 Å². The SMILES string of the molecule is COc1cc(C)c(C)cc1SC1CCCN1. The molecule has 1 heterocycles. The zero-order valence-electron chi connectivity index (χ0n) is 10.2. The van der Waals surface area contributed by atoms with E-state index in [1.54, 1.807) is 7.11 Å². The number of hydrogen-bond donors (Lipinski definition) is 1. The third-order valence-corrected chi connectivity index (χ3v) is 4.32. The Morgan fingerprint density at radius 1 is 1.31 bits per heavy atom. The van der Waals surface area contributed by atoms with Crippen LogP contribution in [0.1, 0.15) is 24.0 Å². The van der Waals surface area contributed by atoms with Gasteiger partial charge in [-0.05, 0) is 56.5 Å². The van der Waals surface area contributed by atoms with Crippen molar-refractivity contribution in [1.29, 1.82) is 0 Å². The van der Waals surface area contributed by atoms with E-state index in [0.717, 1.165) is 12.3 Å². The number of benzene rings is 1. The van der Waals surface area contributed by atoms with Gasteiger partial charge in [-0.3, -0.25) is 0 Å². The Kier molecular flexibility index (Phi) is 3.77. The minimum absolute atomic E-state index is 0.552. The minimum atomic E-state index is 0.552. The number of ether oxygens (including phenoxy) is 1. The van der Waals surface area contributed by atoms with Gasteiger partial charge in [-0.1, -0.05) is 0 Å². The van der Waals surface area contributed by atoms with Crippen LogP contribution < -0.4 is 10.1 Å². The van der Waals surface area contributed by atoms with Crippen molar-refractivity contribution in [2.75, 3.05) is 13.7 Å². The highest BCUT2D eigenvalue weighted by Crippen LogP contribution is 2.36. The van der Waals surface area contributed by atoms with E-state index in [1.165, 1.54) is 28.9 Å². The molecule has 1 N–H and O–H groups in total. The van der Waals surface area contributed by atoms with E-state index >= 15 is 0 Å². The summed E-state index contributed by atoms with van der Waals surface area (Å²) in [4.78, 5) is 1.25. The van der Waals surface area contributed by atoms with Crippen molar-refractivity contribution in [3.63, 3.8) is 0 Å². The third kappa shape index (κ3) is 2.53. The summed E-state index contributed by atoms with van der Waals surface area (Å²) >= 11 is 1.89. The van der Waals surface area contributed by atoms with E-state index in [4.69, 9.17) is 4.74 Å². The lowest BCUT2D eigenvalue weighted by Crippen LogP contribution is -2.17. The zero-order valence-corrected chi connectivity index (χ0v) is 11.0. The summed E-state index contributed by atoms with van der Waals surface area (Å²) in [6.45, 7) is 5.42. The fourth-order valence-electron chi connectivity index (χ4n) is 1.92. The highest BCUT2D eigenvalue weighted by molar-refractivity contribution is 8.00. The highest BCUT2D eigenvalue weighted by Gasteiger charge is 2.17. The van der Waals surface area contributed by atoms with Crippen LogP contribution >= 0.6 is 11.8 Å². The van der Waals surface area contributed by atoms with Gasteiger partial charge in [-0.15, -0.1) is 11.8 Å². The Labute approximate surface area is 102 Å². The second kappa shape index (κ2) is 5.11. The van der Waals surface area contributed by atoms with Crippen LogP contribution in [0.25, 0.3) is 0 Å².